The molecule has 0 spiro atoms. The van der Waals surface area contributed by atoms with E-state index in [1.165, 1.54) is 0 Å². The predicted molar refractivity (Wildman–Crippen MR) is 126 cm³/mol. The number of guanidine groups is 1. The van der Waals surface area contributed by atoms with Crippen molar-refractivity contribution in [2.45, 2.75) is 56.3 Å². The van der Waals surface area contributed by atoms with Crippen molar-refractivity contribution in [3.05, 3.63) is 0 Å². The van der Waals surface area contributed by atoms with Crippen LogP contribution in [0.3, 0.4) is 0 Å². The monoisotopic (exact) mass is 520 g/mol. The number of carboxylic acid groups (broad SMARTS) is 2. The molecule has 0 aromatic heterocycles. The zero-order valence-electron chi connectivity index (χ0n) is 18.8. The number of hydrogen-bond donors (Lipinski definition) is 10. The molecule has 16 nitrogen and oxygen atoms in total. The Kier molecular flexibility index (Phi) is 14.4. The van der Waals surface area contributed by atoms with Gasteiger partial charge in [-0.1, -0.05) is 0 Å². The Morgan fingerprint density at radius 1 is 0.829 bits per heavy atom. The molecule has 4 unspecified atom stereocenters. The van der Waals surface area contributed by atoms with Crippen LogP contribution >= 0.6 is 12.6 Å². The number of nitrogens with one attached hydrogen (secondary N) is 3. The van der Waals surface area contributed by atoms with Crippen LogP contribution in [0.1, 0.15) is 32.1 Å². The Hall–Kier alpha value is -3.60. The number of carboxylic acids is 2. The topological polar surface area (TPSA) is 295 Å². The standard InChI is InChI=1S/C18H32N8O8S/c19-8(3-4-13(28)29)14(30)25-10(6-12(20)27)15(31)26-11(7-35)16(32)24-9(17(33)34)2-1-5-23-18(21)22/h8-11,35H,1-7,19H2,(H2,20,27)(H,24,32)(H,25,30)(H,26,31)(H,28,29)(H,33,34)(H4,21,22,23). The number of amides is 4. The number of thiol groups is 1. The highest BCUT2D eigenvalue weighted by molar-refractivity contribution is 7.80. The number of carbonyl (C=O) groups is 6. The van der Waals surface area contributed by atoms with Gasteiger partial charge in [0.05, 0.1) is 12.5 Å². The van der Waals surface area contributed by atoms with Gasteiger partial charge in [-0.15, -0.1) is 0 Å². The van der Waals surface area contributed by atoms with E-state index in [9.17, 15) is 33.9 Å². The lowest BCUT2D eigenvalue weighted by Gasteiger charge is -2.24. The van der Waals surface area contributed by atoms with E-state index >= 15 is 0 Å². The van der Waals surface area contributed by atoms with Gasteiger partial charge in [0.15, 0.2) is 5.96 Å². The third-order valence-electron chi connectivity index (χ3n) is 4.42. The maximum Gasteiger partial charge on any atom is 0.326 e. The smallest absolute Gasteiger partial charge is 0.326 e. The van der Waals surface area contributed by atoms with E-state index in [1.54, 1.807) is 0 Å². The molecular formula is C18H32N8O8S. The normalized spacial score (nSPS) is 13.9. The lowest BCUT2D eigenvalue weighted by atomic mass is 10.1. The van der Waals surface area contributed by atoms with E-state index in [4.69, 9.17) is 28.0 Å². The van der Waals surface area contributed by atoms with E-state index in [2.05, 4.69) is 33.6 Å². The third kappa shape index (κ3) is 13.6. The summed E-state index contributed by atoms with van der Waals surface area (Å²) in [4.78, 5) is 74.5. The molecule has 0 radical (unpaired) electrons. The highest BCUT2D eigenvalue weighted by atomic mass is 32.1. The lowest BCUT2D eigenvalue weighted by molar-refractivity contribution is -0.142. The van der Waals surface area contributed by atoms with Crippen LogP contribution in [-0.4, -0.2) is 88.2 Å². The molecule has 0 aromatic carbocycles. The van der Waals surface area contributed by atoms with E-state index in [0.717, 1.165) is 0 Å². The highest BCUT2D eigenvalue weighted by Gasteiger charge is 2.30. The largest absolute Gasteiger partial charge is 0.481 e. The molecular weight excluding hydrogens is 488 g/mol. The van der Waals surface area contributed by atoms with Crippen molar-refractivity contribution in [3.63, 3.8) is 0 Å². The summed E-state index contributed by atoms with van der Waals surface area (Å²) in [7, 11) is 0. The molecule has 0 heterocycles. The molecule has 0 aliphatic carbocycles. The van der Waals surface area contributed by atoms with Crippen molar-refractivity contribution in [2.24, 2.45) is 27.9 Å². The SMILES string of the molecule is NC(=O)CC(NC(=O)C(N)CCC(=O)O)C(=O)NC(CS)C(=O)NC(CCCN=C(N)N)C(=O)O. The third-order valence-corrected chi connectivity index (χ3v) is 4.78. The minimum absolute atomic E-state index is 0.0142. The van der Waals surface area contributed by atoms with Gasteiger partial charge in [-0.3, -0.25) is 29.0 Å². The number of aliphatic carboxylic acids is 2. The molecule has 0 rings (SSSR count). The Labute approximate surface area is 206 Å². The molecule has 0 aliphatic heterocycles. The van der Waals surface area contributed by atoms with E-state index in [1.807, 2.05) is 0 Å². The van der Waals surface area contributed by atoms with Gasteiger partial charge in [0.25, 0.3) is 0 Å². The second-order valence-electron chi connectivity index (χ2n) is 7.36. The molecule has 0 bridgehead atoms. The quantitative estimate of drug-likeness (QED) is 0.0377. The first-order chi connectivity index (χ1) is 16.3. The molecule has 0 aliphatic rings. The molecule has 17 heteroatoms. The van der Waals surface area contributed by atoms with Crippen molar-refractivity contribution >= 4 is 54.2 Å². The molecule has 4 amide bonds. The van der Waals surface area contributed by atoms with E-state index in [-0.39, 0.29) is 37.5 Å². The van der Waals surface area contributed by atoms with Gasteiger partial charge in [0.2, 0.25) is 23.6 Å². The van der Waals surface area contributed by atoms with Gasteiger partial charge in [-0.05, 0) is 19.3 Å². The maximum atomic E-state index is 12.6. The summed E-state index contributed by atoms with van der Waals surface area (Å²) >= 11 is 3.98. The molecule has 0 aromatic rings. The minimum Gasteiger partial charge on any atom is -0.481 e. The zero-order chi connectivity index (χ0) is 27.1. The first-order valence-corrected chi connectivity index (χ1v) is 11.0. The van der Waals surface area contributed by atoms with Gasteiger partial charge in [-0.25, -0.2) is 4.79 Å². The molecule has 0 fully saturated rings. The fourth-order valence-electron chi connectivity index (χ4n) is 2.60. The molecule has 13 N–H and O–H groups in total. The highest BCUT2D eigenvalue weighted by Crippen LogP contribution is 2.03. The summed E-state index contributed by atoms with van der Waals surface area (Å²) in [5.74, 6) is -6.68. The summed E-state index contributed by atoms with van der Waals surface area (Å²) in [6, 6.07) is -5.46. The average molecular weight is 521 g/mol. The van der Waals surface area contributed by atoms with Crippen LogP contribution in [-0.2, 0) is 28.8 Å². The number of nitrogens with two attached hydrogens (primary N) is 4. The van der Waals surface area contributed by atoms with Crippen LogP contribution in [0.25, 0.3) is 0 Å². The predicted octanol–water partition coefficient (Wildman–Crippen LogP) is -4.42. The van der Waals surface area contributed by atoms with Crippen LogP contribution in [0.2, 0.25) is 0 Å². The van der Waals surface area contributed by atoms with Crippen molar-refractivity contribution in [2.75, 3.05) is 12.3 Å². The molecule has 198 valence electrons. The van der Waals surface area contributed by atoms with Crippen molar-refractivity contribution < 1.29 is 39.0 Å². The number of primary amides is 1. The molecule has 35 heavy (non-hydrogen) atoms. The van der Waals surface area contributed by atoms with Crippen LogP contribution in [0, 0.1) is 0 Å². The van der Waals surface area contributed by atoms with E-state index in [0.29, 0.717) is 0 Å². The van der Waals surface area contributed by atoms with Gasteiger partial charge in [0, 0.05) is 18.7 Å². The second-order valence-corrected chi connectivity index (χ2v) is 7.73. The summed E-state index contributed by atoms with van der Waals surface area (Å²) < 4.78 is 0. The minimum atomic E-state index is -1.53. The zero-order valence-corrected chi connectivity index (χ0v) is 19.7. The molecule has 4 atom stereocenters. The van der Waals surface area contributed by atoms with Crippen molar-refractivity contribution in [1.29, 1.82) is 0 Å². The van der Waals surface area contributed by atoms with Gasteiger partial charge in [0.1, 0.15) is 18.1 Å². The Morgan fingerprint density at radius 3 is 1.86 bits per heavy atom. The maximum absolute atomic E-state index is 12.6. The van der Waals surface area contributed by atoms with Crippen LogP contribution in [0.15, 0.2) is 4.99 Å². The Balaban J connectivity index is 5.20. The summed E-state index contributed by atoms with van der Waals surface area (Å²) in [5, 5.41) is 24.7. The Bertz CT molecular complexity index is 820. The number of hydrogen-bond acceptors (Lipinski definition) is 9. The van der Waals surface area contributed by atoms with Crippen LogP contribution < -0.4 is 38.9 Å². The van der Waals surface area contributed by atoms with Crippen molar-refractivity contribution in [1.82, 2.24) is 16.0 Å². The number of rotatable bonds is 17. The first kappa shape index (κ1) is 31.4. The number of aliphatic imine (C=N–C) groups is 1. The molecule has 0 saturated carbocycles. The average Bonchev–Trinajstić information content (AvgIpc) is 2.76. The summed E-state index contributed by atoms with van der Waals surface area (Å²) in [6.45, 7) is 0.137. The fourth-order valence-corrected chi connectivity index (χ4v) is 2.86. The first-order valence-electron chi connectivity index (χ1n) is 10.3. The Morgan fingerprint density at radius 2 is 1.37 bits per heavy atom. The molecule has 0 saturated heterocycles. The van der Waals surface area contributed by atoms with Crippen LogP contribution in [0.5, 0.6) is 0 Å². The van der Waals surface area contributed by atoms with Crippen molar-refractivity contribution in [3.8, 4) is 0 Å². The van der Waals surface area contributed by atoms with Gasteiger partial charge in [-0.2, -0.15) is 12.6 Å². The van der Waals surface area contributed by atoms with Gasteiger partial charge < -0.3 is 49.1 Å². The summed E-state index contributed by atoms with van der Waals surface area (Å²) in [6.07, 6.45) is -1.05. The second kappa shape index (κ2) is 16.1. The van der Waals surface area contributed by atoms with Crippen LogP contribution in [0.4, 0.5) is 0 Å². The van der Waals surface area contributed by atoms with Gasteiger partial charge >= 0.3 is 11.9 Å². The number of nitrogens with zero attached hydrogens (tertiary/aromatic N) is 1. The lowest BCUT2D eigenvalue weighted by Crippen LogP contribution is -2.58. The number of carbonyl (C=O) groups excluding carboxylic acids is 4. The van der Waals surface area contributed by atoms with E-state index < -0.39 is 72.6 Å². The summed E-state index contributed by atoms with van der Waals surface area (Å²) in [5.41, 5.74) is 21.1. The fraction of sp³-hybridized carbons (Fsp3) is 0.611.